The predicted molar refractivity (Wildman–Crippen MR) is 54.8 cm³/mol. The number of amides is 1. The lowest BCUT2D eigenvalue weighted by Gasteiger charge is -2.37. The summed E-state index contributed by atoms with van der Waals surface area (Å²) in [5, 5.41) is 18.5. The minimum absolute atomic E-state index is 0.207. The summed E-state index contributed by atoms with van der Waals surface area (Å²) in [4.78, 5) is 14.4. The monoisotopic (exact) mass is 214 g/mol. The van der Waals surface area contributed by atoms with Crippen molar-refractivity contribution >= 4 is 6.09 Å². The lowest BCUT2D eigenvalue weighted by Crippen LogP contribution is -2.53. The Labute approximate surface area is 89.3 Å². The second kappa shape index (κ2) is 4.37. The first-order valence-corrected chi connectivity index (χ1v) is 5.58. The molecule has 86 valence electrons. The molecule has 2 rings (SSSR count). The van der Waals surface area contributed by atoms with Crippen molar-refractivity contribution < 1.29 is 15.0 Å². The number of carboxylic acid groups (broad SMARTS) is 1. The summed E-state index contributed by atoms with van der Waals surface area (Å²) in [6, 6.07) is 0.265. The van der Waals surface area contributed by atoms with Gasteiger partial charge in [-0.2, -0.15) is 0 Å². The number of aliphatic hydroxyl groups excluding tert-OH is 1. The van der Waals surface area contributed by atoms with E-state index in [1.54, 1.807) is 0 Å². The first kappa shape index (κ1) is 10.7. The number of piperazine rings is 1. The molecule has 2 unspecified atom stereocenters. The van der Waals surface area contributed by atoms with E-state index in [0.29, 0.717) is 13.1 Å². The highest BCUT2D eigenvalue weighted by molar-refractivity contribution is 5.65. The van der Waals surface area contributed by atoms with Crippen LogP contribution in [0.5, 0.6) is 0 Å². The molecular formula is C10H18N2O3. The number of hydrogen-bond acceptors (Lipinski definition) is 3. The zero-order valence-corrected chi connectivity index (χ0v) is 8.80. The standard InChI is InChI=1S/C10H18N2O3/c13-9-3-1-2-8(9)11-4-6-12(7-5-11)10(14)15/h8-9,13H,1-7H2,(H,14,15). The third-order valence-electron chi connectivity index (χ3n) is 3.50. The van der Waals surface area contributed by atoms with Gasteiger partial charge in [-0.1, -0.05) is 0 Å². The lowest BCUT2D eigenvalue weighted by molar-refractivity contribution is 0.0367. The van der Waals surface area contributed by atoms with Crippen molar-refractivity contribution in [3.63, 3.8) is 0 Å². The van der Waals surface area contributed by atoms with Crippen molar-refractivity contribution in [2.24, 2.45) is 0 Å². The van der Waals surface area contributed by atoms with Crippen LogP contribution in [-0.2, 0) is 0 Å². The molecule has 2 atom stereocenters. The van der Waals surface area contributed by atoms with Gasteiger partial charge in [0.25, 0.3) is 0 Å². The molecule has 0 radical (unpaired) electrons. The molecule has 2 aliphatic rings. The van der Waals surface area contributed by atoms with E-state index in [2.05, 4.69) is 4.90 Å². The topological polar surface area (TPSA) is 64.0 Å². The average molecular weight is 214 g/mol. The molecule has 5 heteroatoms. The Hall–Kier alpha value is -0.810. The number of nitrogens with zero attached hydrogens (tertiary/aromatic N) is 2. The predicted octanol–water partition coefficient (Wildman–Crippen LogP) is 0.195. The summed E-state index contributed by atoms with van der Waals surface area (Å²) in [5.41, 5.74) is 0. The van der Waals surface area contributed by atoms with Gasteiger partial charge in [0.15, 0.2) is 0 Å². The maximum atomic E-state index is 10.7. The molecule has 0 aromatic carbocycles. The van der Waals surface area contributed by atoms with Gasteiger partial charge in [-0.05, 0) is 19.3 Å². The lowest BCUT2D eigenvalue weighted by atomic mass is 10.1. The molecule has 1 amide bonds. The number of rotatable bonds is 1. The summed E-state index contributed by atoms with van der Waals surface area (Å²) >= 11 is 0. The Bertz CT molecular complexity index is 239. The van der Waals surface area contributed by atoms with Gasteiger partial charge in [0.1, 0.15) is 0 Å². The fourth-order valence-electron chi connectivity index (χ4n) is 2.59. The van der Waals surface area contributed by atoms with E-state index in [1.807, 2.05) is 0 Å². The van der Waals surface area contributed by atoms with E-state index in [0.717, 1.165) is 32.4 Å². The van der Waals surface area contributed by atoms with Crippen LogP contribution >= 0.6 is 0 Å². The van der Waals surface area contributed by atoms with Crippen molar-refractivity contribution in [3.05, 3.63) is 0 Å². The zero-order valence-electron chi connectivity index (χ0n) is 8.80. The van der Waals surface area contributed by atoms with Gasteiger partial charge < -0.3 is 15.1 Å². The van der Waals surface area contributed by atoms with Crippen LogP contribution in [0.4, 0.5) is 4.79 Å². The summed E-state index contributed by atoms with van der Waals surface area (Å²) < 4.78 is 0. The van der Waals surface area contributed by atoms with Crippen molar-refractivity contribution in [3.8, 4) is 0 Å². The molecule has 1 saturated heterocycles. The first-order chi connectivity index (χ1) is 7.18. The second-order valence-electron chi connectivity index (χ2n) is 4.37. The van der Waals surface area contributed by atoms with Gasteiger partial charge in [0.05, 0.1) is 6.10 Å². The quantitative estimate of drug-likeness (QED) is 0.654. The summed E-state index contributed by atoms with van der Waals surface area (Å²) in [6.45, 7) is 2.65. The van der Waals surface area contributed by atoms with Gasteiger partial charge in [0, 0.05) is 32.2 Å². The van der Waals surface area contributed by atoms with E-state index in [4.69, 9.17) is 5.11 Å². The van der Waals surface area contributed by atoms with Gasteiger partial charge in [-0.25, -0.2) is 4.79 Å². The normalized spacial score (nSPS) is 33.3. The van der Waals surface area contributed by atoms with Crippen LogP contribution in [0.1, 0.15) is 19.3 Å². The number of aliphatic hydroxyl groups is 1. The molecule has 2 N–H and O–H groups in total. The molecule has 0 bridgehead atoms. The van der Waals surface area contributed by atoms with E-state index < -0.39 is 6.09 Å². The summed E-state index contributed by atoms with van der Waals surface area (Å²) in [6.07, 6.45) is 1.99. The minimum Gasteiger partial charge on any atom is -0.465 e. The van der Waals surface area contributed by atoms with Crippen molar-refractivity contribution in [1.82, 2.24) is 9.80 Å². The van der Waals surface area contributed by atoms with E-state index >= 15 is 0 Å². The molecule has 1 aliphatic heterocycles. The van der Waals surface area contributed by atoms with Gasteiger partial charge in [-0.3, -0.25) is 4.90 Å². The SMILES string of the molecule is O=C(O)N1CCN(C2CCCC2O)CC1. The third-order valence-corrected chi connectivity index (χ3v) is 3.50. The zero-order chi connectivity index (χ0) is 10.8. The first-order valence-electron chi connectivity index (χ1n) is 5.58. The molecule has 1 aliphatic carbocycles. The van der Waals surface area contributed by atoms with Crippen molar-refractivity contribution in [2.75, 3.05) is 26.2 Å². The molecule has 5 nitrogen and oxygen atoms in total. The molecule has 0 spiro atoms. The molecule has 1 saturated carbocycles. The Kier molecular flexibility index (Phi) is 3.11. The van der Waals surface area contributed by atoms with Crippen molar-refractivity contribution in [2.45, 2.75) is 31.4 Å². The third kappa shape index (κ3) is 2.23. The Morgan fingerprint density at radius 1 is 1.13 bits per heavy atom. The Balaban J connectivity index is 1.85. The molecule has 0 aromatic rings. The summed E-state index contributed by atoms with van der Waals surface area (Å²) in [7, 11) is 0. The molecule has 2 fully saturated rings. The number of carbonyl (C=O) groups is 1. The van der Waals surface area contributed by atoms with Crippen LogP contribution in [0.2, 0.25) is 0 Å². The number of hydrogen-bond donors (Lipinski definition) is 2. The maximum absolute atomic E-state index is 10.7. The van der Waals surface area contributed by atoms with Crippen LogP contribution in [0.3, 0.4) is 0 Å². The summed E-state index contributed by atoms with van der Waals surface area (Å²) in [5.74, 6) is 0. The van der Waals surface area contributed by atoms with Crippen LogP contribution in [-0.4, -0.2) is 64.4 Å². The fraction of sp³-hybridized carbons (Fsp3) is 0.900. The molecule has 1 heterocycles. The van der Waals surface area contributed by atoms with E-state index in [-0.39, 0.29) is 12.1 Å². The van der Waals surface area contributed by atoms with Crippen molar-refractivity contribution in [1.29, 1.82) is 0 Å². The van der Waals surface area contributed by atoms with Crippen LogP contribution in [0, 0.1) is 0 Å². The highest BCUT2D eigenvalue weighted by atomic mass is 16.4. The van der Waals surface area contributed by atoms with E-state index in [9.17, 15) is 9.90 Å². The van der Waals surface area contributed by atoms with Crippen LogP contribution < -0.4 is 0 Å². The largest absolute Gasteiger partial charge is 0.465 e. The molecule has 0 aromatic heterocycles. The smallest absolute Gasteiger partial charge is 0.407 e. The van der Waals surface area contributed by atoms with Gasteiger partial charge >= 0.3 is 6.09 Å². The van der Waals surface area contributed by atoms with Crippen LogP contribution in [0.15, 0.2) is 0 Å². The highest BCUT2D eigenvalue weighted by Gasteiger charge is 2.33. The maximum Gasteiger partial charge on any atom is 0.407 e. The van der Waals surface area contributed by atoms with Crippen LogP contribution in [0.25, 0.3) is 0 Å². The average Bonchev–Trinajstić information content (AvgIpc) is 2.65. The molecular weight excluding hydrogens is 196 g/mol. The highest BCUT2D eigenvalue weighted by Crippen LogP contribution is 2.24. The Morgan fingerprint density at radius 3 is 2.27 bits per heavy atom. The minimum atomic E-state index is -0.832. The fourth-order valence-corrected chi connectivity index (χ4v) is 2.59. The van der Waals surface area contributed by atoms with E-state index in [1.165, 1.54) is 4.90 Å². The Morgan fingerprint density at radius 2 is 1.80 bits per heavy atom. The van der Waals surface area contributed by atoms with Gasteiger partial charge in [-0.15, -0.1) is 0 Å². The molecule has 15 heavy (non-hydrogen) atoms. The second-order valence-corrected chi connectivity index (χ2v) is 4.37. The van der Waals surface area contributed by atoms with Gasteiger partial charge in [0.2, 0.25) is 0 Å².